The van der Waals surface area contributed by atoms with Crippen LogP contribution in [0.2, 0.25) is 0 Å². The summed E-state index contributed by atoms with van der Waals surface area (Å²) in [6.07, 6.45) is 3.03. The number of carbonyl (C=O) groups is 2. The molecule has 0 radical (unpaired) electrons. The summed E-state index contributed by atoms with van der Waals surface area (Å²) >= 11 is 3.36. The fourth-order valence-electron chi connectivity index (χ4n) is 1.94. The molecule has 0 aliphatic heterocycles. The summed E-state index contributed by atoms with van der Waals surface area (Å²) in [6.45, 7) is 5.87. The quantitative estimate of drug-likeness (QED) is 0.328. The molecule has 0 saturated carbocycles. The lowest BCUT2D eigenvalue weighted by atomic mass is 10.2. The van der Waals surface area contributed by atoms with E-state index in [9.17, 15) is 9.59 Å². The van der Waals surface area contributed by atoms with E-state index in [4.69, 9.17) is 4.74 Å². The highest BCUT2D eigenvalue weighted by molar-refractivity contribution is 9.10. The molecule has 134 valence electrons. The van der Waals surface area contributed by atoms with Crippen LogP contribution in [0.4, 0.5) is 5.69 Å². The van der Waals surface area contributed by atoms with Crippen LogP contribution in [-0.4, -0.2) is 24.6 Å². The van der Waals surface area contributed by atoms with Crippen molar-refractivity contribution in [2.45, 2.75) is 6.92 Å². The third kappa shape index (κ3) is 5.86. The Bertz CT molecular complexity index is 832. The van der Waals surface area contributed by atoms with Gasteiger partial charge in [-0.05, 0) is 37.3 Å². The molecule has 0 heterocycles. The zero-order valence-corrected chi connectivity index (χ0v) is 15.7. The molecule has 6 nitrogen and oxygen atoms in total. The molecule has 0 aromatic heterocycles. The third-order valence-electron chi connectivity index (χ3n) is 3.21. The van der Waals surface area contributed by atoms with E-state index in [1.165, 1.54) is 6.21 Å². The average Bonchev–Trinajstić information content (AvgIpc) is 2.62. The molecule has 0 aliphatic rings. The van der Waals surface area contributed by atoms with E-state index in [0.717, 1.165) is 10.0 Å². The third-order valence-corrected chi connectivity index (χ3v) is 3.71. The number of halogens is 1. The normalized spacial score (nSPS) is 10.4. The summed E-state index contributed by atoms with van der Waals surface area (Å²) in [5.41, 5.74) is 4.42. The molecule has 0 unspecified atom stereocenters. The smallest absolute Gasteiger partial charge is 0.329 e. The lowest BCUT2D eigenvalue weighted by molar-refractivity contribution is -0.136. The van der Waals surface area contributed by atoms with Crippen LogP contribution in [0, 0.1) is 6.92 Å². The maximum atomic E-state index is 11.9. The SMILES string of the molecule is C=CCOc1ccc(Br)cc1C=NNC(=O)C(=O)Nc1ccc(C)cc1. The second-order valence-electron chi connectivity index (χ2n) is 5.30. The Hall–Kier alpha value is -2.93. The maximum absolute atomic E-state index is 11.9. The molecule has 0 aliphatic carbocycles. The first kappa shape index (κ1) is 19.4. The number of hydrogen-bond donors (Lipinski definition) is 2. The lowest BCUT2D eigenvalue weighted by Crippen LogP contribution is -2.32. The summed E-state index contributed by atoms with van der Waals surface area (Å²) < 4.78 is 6.34. The summed E-state index contributed by atoms with van der Waals surface area (Å²) in [5.74, 6) is -1.09. The molecule has 0 spiro atoms. The number of amides is 2. The second-order valence-corrected chi connectivity index (χ2v) is 6.22. The van der Waals surface area contributed by atoms with Crippen molar-refractivity contribution in [1.29, 1.82) is 0 Å². The highest BCUT2D eigenvalue weighted by atomic mass is 79.9. The summed E-state index contributed by atoms with van der Waals surface area (Å²) in [7, 11) is 0. The number of nitrogens with one attached hydrogen (secondary N) is 2. The van der Waals surface area contributed by atoms with E-state index < -0.39 is 11.8 Å². The molecule has 0 bridgehead atoms. The minimum Gasteiger partial charge on any atom is -0.489 e. The number of ether oxygens (including phenoxy) is 1. The number of aryl methyl sites for hydroxylation is 1. The molecule has 2 N–H and O–H groups in total. The van der Waals surface area contributed by atoms with Gasteiger partial charge in [0.2, 0.25) is 0 Å². The molecule has 0 saturated heterocycles. The van der Waals surface area contributed by atoms with E-state index in [1.807, 2.05) is 25.1 Å². The van der Waals surface area contributed by atoms with Gasteiger partial charge >= 0.3 is 11.8 Å². The fraction of sp³-hybridized carbons (Fsp3) is 0.105. The molecule has 2 aromatic rings. The number of carbonyl (C=O) groups excluding carboxylic acids is 2. The van der Waals surface area contributed by atoms with Gasteiger partial charge < -0.3 is 10.1 Å². The van der Waals surface area contributed by atoms with Crippen molar-refractivity contribution in [3.8, 4) is 5.75 Å². The minimum atomic E-state index is -0.870. The molecular weight excluding hydrogens is 398 g/mol. The maximum Gasteiger partial charge on any atom is 0.329 e. The van der Waals surface area contributed by atoms with Crippen molar-refractivity contribution < 1.29 is 14.3 Å². The highest BCUT2D eigenvalue weighted by Gasteiger charge is 2.12. The standard InChI is InChI=1S/C19H18BrN3O3/c1-3-10-26-17-9-6-15(20)11-14(17)12-21-23-19(25)18(24)22-16-7-4-13(2)5-8-16/h3-9,11-12H,1,10H2,2H3,(H,22,24)(H,23,25). The second kappa shape index (κ2) is 9.53. The Labute approximate surface area is 160 Å². The first-order valence-corrected chi connectivity index (χ1v) is 8.53. The molecule has 0 fully saturated rings. The van der Waals surface area contributed by atoms with Crippen LogP contribution in [0.5, 0.6) is 5.75 Å². The van der Waals surface area contributed by atoms with Crippen LogP contribution < -0.4 is 15.5 Å². The number of rotatable bonds is 6. The summed E-state index contributed by atoms with van der Waals surface area (Å²) in [5, 5.41) is 6.31. The predicted molar refractivity (Wildman–Crippen MR) is 105 cm³/mol. The molecular formula is C19H18BrN3O3. The van der Waals surface area contributed by atoms with E-state index in [-0.39, 0.29) is 0 Å². The molecule has 7 heteroatoms. The first-order chi connectivity index (χ1) is 12.5. The van der Waals surface area contributed by atoms with Gasteiger partial charge in [0.05, 0.1) is 6.21 Å². The molecule has 26 heavy (non-hydrogen) atoms. The number of hydrazone groups is 1. The van der Waals surface area contributed by atoms with Crippen LogP contribution in [-0.2, 0) is 9.59 Å². The van der Waals surface area contributed by atoms with Gasteiger partial charge in [-0.15, -0.1) is 0 Å². The number of anilines is 1. The summed E-state index contributed by atoms with van der Waals surface area (Å²) in [4.78, 5) is 23.7. The van der Waals surface area contributed by atoms with Gasteiger partial charge in [-0.1, -0.05) is 46.3 Å². The number of benzene rings is 2. The van der Waals surface area contributed by atoms with Crippen molar-refractivity contribution in [2.24, 2.45) is 5.10 Å². The highest BCUT2D eigenvalue weighted by Crippen LogP contribution is 2.21. The molecule has 2 rings (SSSR count). The Morgan fingerprint density at radius 1 is 1.19 bits per heavy atom. The van der Waals surface area contributed by atoms with Gasteiger partial charge in [-0.3, -0.25) is 9.59 Å². The fourth-order valence-corrected chi connectivity index (χ4v) is 2.32. The van der Waals surface area contributed by atoms with Crippen LogP contribution in [0.1, 0.15) is 11.1 Å². The number of nitrogens with zero attached hydrogens (tertiary/aromatic N) is 1. The Morgan fingerprint density at radius 3 is 2.62 bits per heavy atom. The van der Waals surface area contributed by atoms with Crippen LogP contribution in [0.15, 0.2) is 64.7 Å². The first-order valence-electron chi connectivity index (χ1n) is 7.74. The predicted octanol–water partition coefficient (Wildman–Crippen LogP) is 3.41. The minimum absolute atomic E-state index is 0.341. The number of hydrogen-bond acceptors (Lipinski definition) is 4. The monoisotopic (exact) mass is 415 g/mol. The Morgan fingerprint density at radius 2 is 1.92 bits per heavy atom. The van der Waals surface area contributed by atoms with E-state index in [0.29, 0.717) is 23.6 Å². The van der Waals surface area contributed by atoms with Crippen molar-refractivity contribution in [1.82, 2.24) is 5.43 Å². The topological polar surface area (TPSA) is 79.8 Å². The van der Waals surface area contributed by atoms with E-state index in [2.05, 4.69) is 38.4 Å². The van der Waals surface area contributed by atoms with Crippen molar-refractivity contribution in [3.05, 3.63) is 70.7 Å². The van der Waals surface area contributed by atoms with Gasteiger partial charge in [0.25, 0.3) is 0 Å². The molecule has 0 atom stereocenters. The Balaban J connectivity index is 1.97. The van der Waals surface area contributed by atoms with Gasteiger partial charge in [0.1, 0.15) is 12.4 Å². The van der Waals surface area contributed by atoms with Gasteiger partial charge in [-0.2, -0.15) is 5.10 Å². The van der Waals surface area contributed by atoms with Crippen LogP contribution >= 0.6 is 15.9 Å². The molecule has 2 aromatic carbocycles. The van der Waals surface area contributed by atoms with Gasteiger partial charge in [0, 0.05) is 15.7 Å². The van der Waals surface area contributed by atoms with E-state index in [1.54, 1.807) is 30.3 Å². The van der Waals surface area contributed by atoms with Gasteiger partial charge in [-0.25, -0.2) is 5.43 Å². The van der Waals surface area contributed by atoms with Crippen molar-refractivity contribution in [3.63, 3.8) is 0 Å². The van der Waals surface area contributed by atoms with Gasteiger partial charge in [0.15, 0.2) is 0 Å². The van der Waals surface area contributed by atoms with Crippen molar-refractivity contribution in [2.75, 3.05) is 11.9 Å². The zero-order valence-electron chi connectivity index (χ0n) is 14.2. The average molecular weight is 416 g/mol. The molecule has 2 amide bonds. The largest absolute Gasteiger partial charge is 0.489 e. The van der Waals surface area contributed by atoms with Crippen LogP contribution in [0.3, 0.4) is 0 Å². The summed E-state index contributed by atoms with van der Waals surface area (Å²) in [6, 6.07) is 12.5. The lowest BCUT2D eigenvalue weighted by Gasteiger charge is -2.07. The van der Waals surface area contributed by atoms with E-state index >= 15 is 0 Å². The zero-order chi connectivity index (χ0) is 18.9. The Kier molecular flexibility index (Phi) is 7.11. The van der Waals surface area contributed by atoms with Crippen LogP contribution in [0.25, 0.3) is 0 Å². The van der Waals surface area contributed by atoms with Crippen molar-refractivity contribution >= 4 is 39.6 Å².